The number of ketones is 1. The van der Waals surface area contributed by atoms with Gasteiger partial charge in [-0.25, -0.2) is 9.59 Å². The van der Waals surface area contributed by atoms with Gasteiger partial charge in [0.15, 0.2) is 5.78 Å². The molecule has 0 N–H and O–H groups in total. The number of hydrogen-bond acceptors (Lipinski definition) is 6. The van der Waals surface area contributed by atoms with Crippen LogP contribution in [0.15, 0.2) is 54.6 Å². The molecule has 0 amide bonds. The van der Waals surface area contributed by atoms with E-state index in [1.165, 1.54) is 25.3 Å². The van der Waals surface area contributed by atoms with Crippen LogP contribution in [0.2, 0.25) is 0 Å². The summed E-state index contributed by atoms with van der Waals surface area (Å²) in [6, 6.07) is 8.52. The number of allylic oxidation sites excluding steroid dienone is 1. The average Bonchev–Trinajstić information content (AvgIpc) is 2.61. The Kier molecular flexibility index (Phi) is 6.45. The van der Waals surface area contributed by atoms with Gasteiger partial charge in [-0.2, -0.15) is 0 Å². The van der Waals surface area contributed by atoms with Crippen molar-refractivity contribution in [2.24, 2.45) is 0 Å². The number of carbonyl (C=O) groups excluding carboxylic acids is 3. The van der Waals surface area contributed by atoms with E-state index in [9.17, 15) is 14.4 Å². The van der Waals surface area contributed by atoms with Crippen molar-refractivity contribution in [1.29, 1.82) is 0 Å². The van der Waals surface area contributed by atoms with Crippen molar-refractivity contribution in [3.63, 3.8) is 0 Å². The summed E-state index contributed by atoms with van der Waals surface area (Å²) in [5, 5.41) is 0. The van der Waals surface area contributed by atoms with Gasteiger partial charge in [0.05, 0.1) is 12.7 Å². The van der Waals surface area contributed by atoms with Gasteiger partial charge in [-0.3, -0.25) is 4.79 Å². The van der Waals surface area contributed by atoms with Gasteiger partial charge in [-0.05, 0) is 37.1 Å². The van der Waals surface area contributed by atoms with Crippen molar-refractivity contribution < 1.29 is 28.6 Å². The standard InChI is InChI=1S/C18H18O6/c1-22-16(20)10-6-5-9-15-14(19)11-12-17(23-15)24-18(21)13-7-3-2-4-8-13/h2-4,6-8,10-12,15,17H,5,9H2,1H3/b10-6+. The van der Waals surface area contributed by atoms with Gasteiger partial charge in [0, 0.05) is 6.08 Å². The largest absolute Gasteiger partial charge is 0.466 e. The van der Waals surface area contributed by atoms with Gasteiger partial charge in [0.25, 0.3) is 0 Å². The summed E-state index contributed by atoms with van der Waals surface area (Å²) < 4.78 is 15.2. The summed E-state index contributed by atoms with van der Waals surface area (Å²) in [4.78, 5) is 34.8. The van der Waals surface area contributed by atoms with Crippen LogP contribution in [0.1, 0.15) is 23.2 Å². The maximum Gasteiger partial charge on any atom is 0.340 e. The molecule has 1 aliphatic rings. The molecular weight excluding hydrogens is 312 g/mol. The Labute approximate surface area is 139 Å². The quantitative estimate of drug-likeness (QED) is 0.588. The molecule has 2 atom stereocenters. The molecule has 0 saturated heterocycles. The minimum Gasteiger partial charge on any atom is -0.466 e. The van der Waals surface area contributed by atoms with E-state index in [2.05, 4.69) is 4.74 Å². The topological polar surface area (TPSA) is 78.9 Å². The summed E-state index contributed by atoms with van der Waals surface area (Å²) in [6.07, 6.45) is 4.85. The lowest BCUT2D eigenvalue weighted by Gasteiger charge is -2.24. The fourth-order valence-electron chi connectivity index (χ4n) is 2.08. The summed E-state index contributed by atoms with van der Waals surface area (Å²) in [5.74, 6) is -1.18. The summed E-state index contributed by atoms with van der Waals surface area (Å²) in [7, 11) is 1.29. The lowest BCUT2D eigenvalue weighted by atomic mass is 10.1. The number of hydrogen-bond donors (Lipinski definition) is 0. The Balaban J connectivity index is 1.87. The van der Waals surface area contributed by atoms with E-state index in [0.717, 1.165) is 0 Å². The van der Waals surface area contributed by atoms with Gasteiger partial charge in [-0.15, -0.1) is 0 Å². The number of methoxy groups -OCH3 is 1. The Hall–Kier alpha value is -2.73. The zero-order valence-corrected chi connectivity index (χ0v) is 13.2. The third kappa shape index (κ3) is 5.17. The zero-order valence-electron chi connectivity index (χ0n) is 13.2. The smallest absolute Gasteiger partial charge is 0.340 e. The normalized spacial score (nSPS) is 20.1. The first kappa shape index (κ1) is 17.6. The first-order chi connectivity index (χ1) is 11.6. The molecule has 0 saturated carbocycles. The van der Waals surface area contributed by atoms with Crippen molar-refractivity contribution in [3.8, 4) is 0 Å². The maximum atomic E-state index is 12.0. The molecule has 2 unspecified atom stereocenters. The highest BCUT2D eigenvalue weighted by atomic mass is 16.7. The highest BCUT2D eigenvalue weighted by Gasteiger charge is 2.27. The molecule has 1 aromatic carbocycles. The van der Waals surface area contributed by atoms with Gasteiger partial charge >= 0.3 is 11.9 Å². The maximum absolute atomic E-state index is 12.0. The molecule has 6 heteroatoms. The van der Waals surface area contributed by atoms with E-state index < -0.39 is 24.3 Å². The van der Waals surface area contributed by atoms with Gasteiger partial charge in [-0.1, -0.05) is 24.3 Å². The van der Waals surface area contributed by atoms with E-state index in [4.69, 9.17) is 9.47 Å². The van der Waals surface area contributed by atoms with Crippen molar-refractivity contribution in [2.45, 2.75) is 25.2 Å². The molecule has 6 nitrogen and oxygen atoms in total. The summed E-state index contributed by atoms with van der Waals surface area (Å²) >= 11 is 0. The van der Waals surface area contributed by atoms with Gasteiger partial charge in [0.1, 0.15) is 6.10 Å². The molecule has 0 radical (unpaired) electrons. The Morgan fingerprint density at radius 2 is 2.00 bits per heavy atom. The molecule has 0 fully saturated rings. The van der Waals surface area contributed by atoms with Crippen LogP contribution in [0.3, 0.4) is 0 Å². The molecule has 0 spiro atoms. The Bertz CT molecular complexity index is 647. The second-order valence-corrected chi connectivity index (χ2v) is 5.03. The van der Waals surface area contributed by atoms with Crippen molar-refractivity contribution >= 4 is 17.7 Å². The molecule has 0 aliphatic carbocycles. The molecule has 1 aliphatic heterocycles. The van der Waals surface area contributed by atoms with Crippen LogP contribution in [-0.2, 0) is 23.8 Å². The Morgan fingerprint density at radius 3 is 2.71 bits per heavy atom. The van der Waals surface area contributed by atoms with E-state index in [1.807, 2.05) is 0 Å². The predicted molar refractivity (Wildman–Crippen MR) is 85.1 cm³/mol. The Morgan fingerprint density at radius 1 is 1.25 bits per heavy atom. The molecule has 0 aromatic heterocycles. The van der Waals surface area contributed by atoms with E-state index >= 15 is 0 Å². The van der Waals surface area contributed by atoms with Crippen molar-refractivity contribution in [2.75, 3.05) is 7.11 Å². The van der Waals surface area contributed by atoms with E-state index in [0.29, 0.717) is 18.4 Å². The molecule has 0 bridgehead atoms. The van der Waals surface area contributed by atoms with Crippen LogP contribution < -0.4 is 0 Å². The highest BCUT2D eigenvalue weighted by molar-refractivity contribution is 5.94. The first-order valence-electron chi connectivity index (χ1n) is 7.48. The molecule has 1 aromatic rings. The zero-order chi connectivity index (χ0) is 17.4. The monoisotopic (exact) mass is 330 g/mol. The summed E-state index contributed by atoms with van der Waals surface area (Å²) in [6.45, 7) is 0. The second-order valence-electron chi connectivity index (χ2n) is 5.03. The molecule has 126 valence electrons. The van der Waals surface area contributed by atoms with Crippen molar-refractivity contribution in [3.05, 3.63) is 60.2 Å². The molecule has 2 rings (SSSR count). The van der Waals surface area contributed by atoms with Crippen LogP contribution >= 0.6 is 0 Å². The number of benzene rings is 1. The average molecular weight is 330 g/mol. The lowest BCUT2D eigenvalue weighted by molar-refractivity contribution is -0.150. The van der Waals surface area contributed by atoms with Crippen LogP contribution in [0.5, 0.6) is 0 Å². The molecule has 24 heavy (non-hydrogen) atoms. The first-order valence-corrected chi connectivity index (χ1v) is 7.48. The predicted octanol–water partition coefficient (Wildman–Crippen LogP) is 2.20. The summed E-state index contributed by atoms with van der Waals surface area (Å²) in [5.41, 5.74) is 0.406. The van der Waals surface area contributed by atoms with Gasteiger partial charge in [0.2, 0.25) is 6.29 Å². The minimum atomic E-state index is -0.912. The SMILES string of the molecule is COC(=O)/C=C/CCC1OC(OC(=O)c2ccccc2)C=CC1=O. The fourth-order valence-corrected chi connectivity index (χ4v) is 2.08. The fraction of sp³-hybridized carbons (Fsp3) is 0.278. The number of rotatable bonds is 6. The number of ether oxygens (including phenoxy) is 3. The molecular formula is C18H18O6. The number of carbonyl (C=O) groups is 3. The minimum absolute atomic E-state index is 0.200. The van der Waals surface area contributed by atoms with Crippen LogP contribution in [0, 0.1) is 0 Å². The third-order valence-corrected chi connectivity index (χ3v) is 3.32. The van der Waals surface area contributed by atoms with E-state index in [-0.39, 0.29) is 5.78 Å². The van der Waals surface area contributed by atoms with Gasteiger partial charge < -0.3 is 14.2 Å². The number of esters is 2. The van der Waals surface area contributed by atoms with Crippen LogP contribution in [0.4, 0.5) is 0 Å². The molecule has 1 heterocycles. The second kappa shape index (κ2) is 8.79. The third-order valence-electron chi connectivity index (χ3n) is 3.32. The lowest BCUT2D eigenvalue weighted by Crippen LogP contribution is -2.34. The van der Waals surface area contributed by atoms with Crippen LogP contribution in [0.25, 0.3) is 0 Å². The van der Waals surface area contributed by atoms with Crippen molar-refractivity contribution in [1.82, 2.24) is 0 Å². The highest BCUT2D eigenvalue weighted by Crippen LogP contribution is 2.17. The van der Waals surface area contributed by atoms with E-state index in [1.54, 1.807) is 36.4 Å². The van der Waals surface area contributed by atoms with Crippen LogP contribution in [-0.4, -0.2) is 37.2 Å².